The van der Waals surface area contributed by atoms with Crippen LogP contribution in [-0.2, 0) is 10.0 Å². The quantitative estimate of drug-likeness (QED) is 0.912. The van der Waals surface area contributed by atoms with Gasteiger partial charge in [0.2, 0.25) is 10.0 Å². The first-order chi connectivity index (χ1) is 10.5. The number of benzene rings is 1. The Morgan fingerprint density at radius 2 is 1.95 bits per heavy atom. The second-order valence-electron chi connectivity index (χ2n) is 5.18. The molecule has 1 aliphatic heterocycles. The van der Waals surface area contributed by atoms with Crippen molar-refractivity contribution in [3.05, 3.63) is 40.4 Å². The van der Waals surface area contributed by atoms with Gasteiger partial charge in [-0.15, -0.1) is 0 Å². The van der Waals surface area contributed by atoms with Crippen LogP contribution in [0.25, 0.3) is 0 Å². The summed E-state index contributed by atoms with van der Waals surface area (Å²) in [6.07, 6.45) is 3.07. The summed E-state index contributed by atoms with van der Waals surface area (Å²) in [7, 11) is -3.63. The van der Waals surface area contributed by atoms with Crippen LogP contribution in [0, 0.1) is 0 Å². The van der Waals surface area contributed by atoms with E-state index < -0.39 is 10.0 Å². The Kier molecular flexibility index (Phi) is 4.40. The van der Waals surface area contributed by atoms with Crippen molar-refractivity contribution in [1.29, 1.82) is 0 Å². The molecule has 1 unspecified atom stereocenters. The molecule has 0 radical (unpaired) electrons. The van der Waals surface area contributed by atoms with Crippen molar-refractivity contribution < 1.29 is 8.42 Å². The lowest BCUT2D eigenvalue weighted by molar-refractivity contribution is 0.309. The molecule has 0 aliphatic carbocycles. The molecule has 22 heavy (non-hydrogen) atoms. The first kappa shape index (κ1) is 15.7. The molecule has 6 nitrogen and oxygen atoms in total. The summed E-state index contributed by atoms with van der Waals surface area (Å²) in [5.74, 6) is 0.727. The Morgan fingerprint density at radius 1 is 1.23 bits per heavy atom. The fraction of sp³-hybridized carbons (Fsp3) is 0.385. The second kappa shape index (κ2) is 6.16. The Balaban J connectivity index is 1.88. The van der Waals surface area contributed by atoms with Crippen LogP contribution in [0.2, 0.25) is 10.0 Å². The molecule has 1 fully saturated rings. The third-order valence-electron chi connectivity index (χ3n) is 3.68. The fourth-order valence-corrected chi connectivity index (χ4v) is 4.87. The van der Waals surface area contributed by atoms with E-state index >= 15 is 0 Å². The zero-order valence-corrected chi connectivity index (χ0v) is 13.9. The van der Waals surface area contributed by atoms with Gasteiger partial charge in [-0.3, -0.25) is 5.10 Å². The fourth-order valence-electron chi connectivity index (χ4n) is 2.62. The van der Waals surface area contributed by atoms with Crippen molar-refractivity contribution >= 4 is 33.2 Å². The predicted molar refractivity (Wildman–Crippen MR) is 83.6 cm³/mol. The summed E-state index contributed by atoms with van der Waals surface area (Å²) in [5, 5.41) is 7.24. The van der Waals surface area contributed by atoms with Gasteiger partial charge in [0.1, 0.15) is 12.2 Å². The van der Waals surface area contributed by atoms with E-state index in [9.17, 15) is 8.42 Å². The summed E-state index contributed by atoms with van der Waals surface area (Å²) < 4.78 is 27.0. The largest absolute Gasteiger partial charge is 0.263 e. The molecule has 0 saturated carbocycles. The van der Waals surface area contributed by atoms with Gasteiger partial charge in [0.15, 0.2) is 0 Å². The Morgan fingerprint density at radius 3 is 2.59 bits per heavy atom. The molecular weight excluding hydrogens is 347 g/mol. The normalized spacial score (nSPS) is 20.2. The minimum atomic E-state index is -3.63. The summed E-state index contributed by atoms with van der Waals surface area (Å²) >= 11 is 11.8. The average Bonchev–Trinajstić information content (AvgIpc) is 3.00. The molecule has 0 amide bonds. The molecule has 118 valence electrons. The van der Waals surface area contributed by atoms with Crippen LogP contribution in [0.15, 0.2) is 29.4 Å². The van der Waals surface area contributed by atoms with Crippen molar-refractivity contribution in [2.45, 2.75) is 23.7 Å². The molecule has 1 aliphatic rings. The lowest BCUT2D eigenvalue weighted by Gasteiger charge is -2.30. The minimum absolute atomic E-state index is 0.0145. The van der Waals surface area contributed by atoms with Gasteiger partial charge in [0, 0.05) is 29.1 Å². The molecule has 2 heterocycles. The molecular formula is C13H14Cl2N4O2S. The zero-order valence-electron chi connectivity index (χ0n) is 11.5. The van der Waals surface area contributed by atoms with Crippen LogP contribution in [0.4, 0.5) is 0 Å². The van der Waals surface area contributed by atoms with E-state index in [-0.39, 0.29) is 10.8 Å². The van der Waals surface area contributed by atoms with Crippen LogP contribution in [0.1, 0.15) is 24.6 Å². The number of piperidine rings is 1. The van der Waals surface area contributed by atoms with Crippen molar-refractivity contribution in [2.24, 2.45) is 0 Å². The van der Waals surface area contributed by atoms with Gasteiger partial charge >= 0.3 is 0 Å². The number of aromatic amines is 1. The van der Waals surface area contributed by atoms with Crippen LogP contribution in [0.3, 0.4) is 0 Å². The molecule has 2 aromatic rings. The third-order valence-corrected chi connectivity index (χ3v) is 5.96. The second-order valence-corrected chi connectivity index (χ2v) is 7.99. The highest BCUT2D eigenvalue weighted by atomic mass is 35.5. The SMILES string of the molecule is O=S(=O)(c1cc(Cl)cc(Cl)c1)N1CCCC(c2ncn[nH]2)C1. The highest BCUT2D eigenvalue weighted by Gasteiger charge is 2.32. The van der Waals surface area contributed by atoms with E-state index in [1.54, 1.807) is 0 Å². The summed E-state index contributed by atoms with van der Waals surface area (Å²) in [4.78, 5) is 4.24. The summed E-state index contributed by atoms with van der Waals surface area (Å²) in [6.45, 7) is 0.832. The standard InChI is InChI=1S/C13H14Cl2N4O2S/c14-10-4-11(15)6-12(5-10)22(20,21)19-3-1-2-9(7-19)13-16-8-17-18-13/h4-6,8-9H,1-3,7H2,(H,16,17,18). The number of aromatic nitrogens is 3. The summed E-state index contributed by atoms with van der Waals surface area (Å²) in [6, 6.07) is 4.34. The topological polar surface area (TPSA) is 79.0 Å². The van der Waals surface area contributed by atoms with Crippen LogP contribution in [0.5, 0.6) is 0 Å². The number of nitrogens with one attached hydrogen (secondary N) is 1. The zero-order chi connectivity index (χ0) is 15.7. The van der Waals surface area contributed by atoms with Crippen LogP contribution < -0.4 is 0 Å². The number of nitrogens with zero attached hydrogens (tertiary/aromatic N) is 3. The average molecular weight is 361 g/mol. The maximum absolute atomic E-state index is 12.8. The molecule has 3 rings (SSSR count). The van der Waals surface area contributed by atoms with Crippen molar-refractivity contribution in [1.82, 2.24) is 19.5 Å². The molecule has 1 aromatic carbocycles. The molecule has 1 aromatic heterocycles. The van der Waals surface area contributed by atoms with E-state index in [1.807, 2.05) is 0 Å². The molecule has 0 spiro atoms. The third kappa shape index (κ3) is 3.12. The lowest BCUT2D eigenvalue weighted by atomic mass is 9.99. The number of hydrogen-bond acceptors (Lipinski definition) is 4. The first-order valence-electron chi connectivity index (χ1n) is 6.78. The molecule has 0 bridgehead atoms. The van der Waals surface area contributed by atoms with Gasteiger partial charge in [-0.25, -0.2) is 13.4 Å². The maximum Gasteiger partial charge on any atom is 0.243 e. The molecule has 1 N–H and O–H groups in total. The van der Waals surface area contributed by atoms with E-state index in [0.29, 0.717) is 29.0 Å². The molecule has 1 saturated heterocycles. The van der Waals surface area contributed by atoms with Gasteiger partial charge in [0.25, 0.3) is 0 Å². The van der Waals surface area contributed by atoms with Gasteiger partial charge in [-0.1, -0.05) is 23.2 Å². The summed E-state index contributed by atoms with van der Waals surface area (Å²) in [5.41, 5.74) is 0. The molecule has 9 heteroatoms. The van der Waals surface area contributed by atoms with Crippen molar-refractivity contribution in [3.63, 3.8) is 0 Å². The number of H-pyrrole nitrogens is 1. The highest BCUT2D eigenvalue weighted by Crippen LogP contribution is 2.30. The number of rotatable bonds is 3. The minimum Gasteiger partial charge on any atom is -0.263 e. The molecule has 1 atom stereocenters. The van der Waals surface area contributed by atoms with Gasteiger partial charge in [0.05, 0.1) is 4.90 Å². The van der Waals surface area contributed by atoms with E-state index in [2.05, 4.69) is 15.2 Å². The highest BCUT2D eigenvalue weighted by molar-refractivity contribution is 7.89. The predicted octanol–water partition coefficient (Wildman–Crippen LogP) is 2.68. The Labute approximate surface area is 138 Å². The van der Waals surface area contributed by atoms with Crippen LogP contribution in [-0.4, -0.2) is 41.0 Å². The van der Waals surface area contributed by atoms with Gasteiger partial charge in [-0.2, -0.15) is 9.40 Å². The smallest absolute Gasteiger partial charge is 0.243 e. The number of sulfonamides is 1. The lowest BCUT2D eigenvalue weighted by Crippen LogP contribution is -2.39. The van der Waals surface area contributed by atoms with Gasteiger partial charge < -0.3 is 0 Å². The van der Waals surface area contributed by atoms with Crippen molar-refractivity contribution in [3.8, 4) is 0 Å². The van der Waals surface area contributed by atoms with E-state index in [4.69, 9.17) is 23.2 Å². The van der Waals surface area contributed by atoms with E-state index in [1.165, 1.54) is 28.8 Å². The number of halogens is 2. The van der Waals surface area contributed by atoms with Crippen molar-refractivity contribution in [2.75, 3.05) is 13.1 Å². The first-order valence-corrected chi connectivity index (χ1v) is 8.98. The monoisotopic (exact) mass is 360 g/mol. The Bertz CT molecular complexity index is 744. The Hall–Kier alpha value is -1.15. The number of hydrogen-bond donors (Lipinski definition) is 1. The van der Waals surface area contributed by atoms with E-state index in [0.717, 1.165) is 12.8 Å². The maximum atomic E-state index is 12.8. The van der Waals surface area contributed by atoms with Crippen LogP contribution >= 0.6 is 23.2 Å². The van der Waals surface area contributed by atoms with Gasteiger partial charge in [-0.05, 0) is 31.0 Å².